The van der Waals surface area contributed by atoms with Crippen molar-refractivity contribution in [2.24, 2.45) is 5.10 Å². The smallest absolute Gasteiger partial charge is 0.244 e. The highest BCUT2D eigenvalue weighted by Gasteiger charge is 2.09. The van der Waals surface area contributed by atoms with E-state index in [-0.39, 0.29) is 18.9 Å². The molecule has 0 saturated carbocycles. The van der Waals surface area contributed by atoms with Gasteiger partial charge in [0.15, 0.2) is 11.5 Å². The van der Waals surface area contributed by atoms with Gasteiger partial charge in [-0.2, -0.15) is 10.4 Å². The number of carbonyl (C=O) groups is 1. The number of fused-ring (bicyclic) bond motifs is 1. The lowest BCUT2D eigenvalue weighted by atomic mass is 10.0. The van der Waals surface area contributed by atoms with Gasteiger partial charge in [0, 0.05) is 5.56 Å². The van der Waals surface area contributed by atoms with Crippen molar-refractivity contribution in [1.82, 2.24) is 5.43 Å². The number of hydrogen-bond donors (Lipinski definition) is 1. The molecule has 1 amide bonds. The van der Waals surface area contributed by atoms with Crippen LogP contribution in [0.3, 0.4) is 0 Å². The van der Waals surface area contributed by atoms with E-state index in [9.17, 15) is 10.1 Å². The van der Waals surface area contributed by atoms with Gasteiger partial charge in [0.2, 0.25) is 5.91 Å². The average Bonchev–Trinajstić information content (AvgIpc) is 2.88. The van der Waals surface area contributed by atoms with Crippen LogP contribution in [0.15, 0.2) is 90.0 Å². The normalized spacial score (nSPS) is 10.7. The molecule has 0 heterocycles. The summed E-state index contributed by atoms with van der Waals surface area (Å²) in [5.74, 6) is 0.878. The van der Waals surface area contributed by atoms with Crippen molar-refractivity contribution in [3.8, 4) is 17.6 Å². The summed E-state index contributed by atoms with van der Waals surface area (Å²) in [6, 6.07) is 28.7. The van der Waals surface area contributed by atoms with Gasteiger partial charge >= 0.3 is 0 Å². The SMILES string of the molecule is COc1cc(/C=N\NC(=O)Cc2cccc3ccccc23)ccc1OCc1ccccc1C#N. The lowest BCUT2D eigenvalue weighted by molar-refractivity contribution is -0.120. The van der Waals surface area contributed by atoms with Crippen LogP contribution in [0.5, 0.6) is 11.5 Å². The number of hydrazone groups is 1. The van der Waals surface area contributed by atoms with E-state index in [4.69, 9.17) is 9.47 Å². The fourth-order valence-corrected chi connectivity index (χ4v) is 3.63. The second-order valence-corrected chi connectivity index (χ2v) is 7.58. The Morgan fingerprint density at radius 2 is 1.74 bits per heavy atom. The summed E-state index contributed by atoms with van der Waals surface area (Å²) in [7, 11) is 1.55. The summed E-state index contributed by atoms with van der Waals surface area (Å²) in [6.07, 6.45) is 1.79. The van der Waals surface area contributed by atoms with Gasteiger partial charge in [-0.3, -0.25) is 4.79 Å². The molecule has 0 atom stereocenters. The maximum atomic E-state index is 12.4. The molecule has 0 fully saturated rings. The molecule has 168 valence electrons. The summed E-state index contributed by atoms with van der Waals surface area (Å²) in [6.45, 7) is 0.248. The highest BCUT2D eigenvalue weighted by molar-refractivity contribution is 5.90. The van der Waals surface area contributed by atoms with Crippen molar-refractivity contribution in [3.05, 3.63) is 107 Å². The van der Waals surface area contributed by atoms with Crippen LogP contribution in [0.4, 0.5) is 0 Å². The molecule has 0 radical (unpaired) electrons. The number of methoxy groups -OCH3 is 1. The molecule has 0 saturated heterocycles. The minimum absolute atomic E-state index is 0.198. The minimum atomic E-state index is -0.198. The van der Waals surface area contributed by atoms with Crippen LogP contribution in [0.1, 0.15) is 22.3 Å². The molecule has 1 N–H and O–H groups in total. The Balaban J connectivity index is 1.38. The van der Waals surface area contributed by atoms with E-state index >= 15 is 0 Å². The molecule has 4 aromatic carbocycles. The Morgan fingerprint density at radius 1 is 0.971 bits per heavy atom. The Morgan fingerprint density at radius 3 is 2.59 bits per heavy atom. The van der Waals surface area contributed by atoms with Crippen LogP contribution >= 0.6 is 0 Å². The van der Waals surface area contributed by atoms with Crippen molar-refractivity contribution < 1.29 is 14.3 Å². The van der Waals surface area contributed by atoms with Gasteiger partial charge in [0.25, 0.3) is 0 Å². The number of nitrogens with one attached hydrogen (secondary N) is 1. The largest absolute Gasteiger partial charge is 0.493 e. The molecular formula is C28H23N3O3. The minimum Gasteiger partial charge on any atom is -0.493 e. The standard InChI is InChI=1S/C28H23N3O3/c1-33-27-15-20(13-14-26(27)34-19-24-9-3-2-8-23(24)17-29)18-30-31-28(32)16-22-11-6-10-21-7-4-5-12-25(21)22/h2-15,18H,16,19H2,1H3,(H,31,32)/b30-18-. The first-order valence-corrected chi connectivity index (χ1v) is 10.8. The predicted octanol–water partition coefficient (Wildman–Crippen LogP) is 4.99. The highest BCUT2D eigenvalue weighted by Crippen LogP contribution is 2.28. The molecule has 6 nitrogen and oxygen atoms in total. The molecular weight excluding hydrogens is 426 g/mol. The number of hydrogen-bond acceptors (Lipinski definition) is 5. The van der Waals surface area contributed by atoms with Crippen LogP contribution in [0, 0.1) is 11.3 Å². The third kappa shape index (κ3) is 5.40. The summed E-state index contributed by atoms with van der Waals surface area (Å²) in [5.41, 5.74) is 5.65. The van der Waals surface area contributed by atoms with Crippen LogP contribution in [-0.4, -0.2) is 19.2 Å². The van der Waals surface area contributed by atoms with Crippen LogP contribution in [0.2, 0.25) is 0 Å². The van der Waals surface area contributed by atoms with Crippen LogP contribution in [-0.2, 0) is 17.8 Å². The van der Waals surface area contributed by atoms with Gasteiger partial charge in [0.1, 0.15) is 6.61 Å². The second-order valence-electron chi connectivity index (χ2n) is 7.58. The Labute approximate surface area is 198 Å². The van der Waals surface area contributed by atoms with Gasteiger partial charge in [-0.25, -0.2) is 5.43 Å². The highest BCUT2D eigenvalue weighted by atomic mass is 16.5. The first-order chi connectivity index (χ1) is 16.7. The van der Waals surface area contributed by atoms with E-state index in [1.807, 2.05) is 66.7 Å². The number of carbonyl (C=O) groups excluding carboxylic acids is 1. The van der Waals surface area contributed by atoms with Gasteiger partial charge in [-0.1, -0.05) is 60.7 Å². The van der Waals surface area contributed by atoms with Crippen LogP contribution < -0.4 is 14.9 Å². The molecule has 6 heteroatoms. The molecule has 0 aliphatic heterocycles. The molecule has 0 spiro atoms. The number of nitrogens with zero attached hydrogens (tertiary/aromatic N) is 2. The third-order valence-corrected chi connectivity index (χ3v) is 5.34. The van der Waals surface area contributed by atoms with Crippen molar-refractivity contribution in [3.63, 3.8) is 0 Å². The van der Waals surface area contributed by atoms with Crippen molar-refractivity contribution in [2.45, 2.75) is 13.0 Å². The Hall–Kier alpha value is -4.63. The Kier molecular flexibility index (Phi) is 7.16. The summed E-state index contributed by atoms with van der Waals surface area (Å²) >= 11 is 0. The van der Waals surface area contributed by atoms with Gasteiger partial charge in [0.05, 0.1) is 31.4 Å². The number of nitriles is 1. The maximum Gasteiger partial charge on any atom is 0.244 e. The van der Waals surface area contributed by atoms with E-state index in [1.54, 1.807) is 31.5 Å². The molecule has 4 aromatic rings. The quantitative estimate of drug-likeness (QED) is 0.303. The zero-order chi connectivity index (χ0) is 23.8. The first kappa shape index (κ1) is 22.6. The predicted molar refractivity (Wildman–Crippen MR) is 132 cm³/mol. The molecule has 0 aliphatic rings. The van der Waals surface area contributed by atoms with E-state index in [0.717, 1.165) is 27.5 Å². The molecule has 0 aromatic heterocycles. The summed E-state index contributed by atoms with van der Waals surface area (Å²) < 4.78 is 11.3. The number of rotatable bonds is 8. The topological polar surface area (TPSA) is 83.7 Å². The van der Waals surface area contributed by atoms with E-state index in [0.29, 0.717) is 17.1 Å². The van der Waals surface area contributed by atoms with Gasteiger partial charge < -0.3 is 9.47 Å². The first-order valence-electron chi connectivity index (χ1n) is 10.8. The molecule has 34 heavy (non-hydrogen) atoms. The summed E-state index contributed by atoms with van der Waals surface area (Å²) in [5, 5.41) is 15.5. The lowest BCUT2D eigenvalue weighted by Crippen LogP contribution is -2.19. The third-order valence-electron chi connectivity index (χ3n) is 5.34. The Bertz CT molecular complexity index is 1380. The van der Waals surface area contributed by atoms with Crippen LogP contribution in [0.25, 0.3) is 10.8 Å². The second kappa shape index (κ2) is 10.8. The van der Waals surface area contributed by atoms with Crippen molar-refractivity contribution in [1.29, 1.82) is 5.26 Å². The maximum absolute atomic E-state index is 12.4. The number of ether oxygens (including phenoxy) is 2. The van der Waals surface area contributed by atoms with Crippen molar-refractivity contribution in [2.75, 3.05) is 7.11 Å². The molecule has 0 aliphatic carbocycles. The van der Waals surface area contributed by atoms with E-state index in [1.165, 1.54) is 0 Å². The van der Waals surface area contributed by atoms with Crippen molar-refractivity contribution >= 4 is 22.9 Å². The summed E-state index contributed by atoms with van der Waals surface area (Å²) in [4.78, 5) is 12.4. The monoisotopic (exact) mass is 449 g/mol. The zero-order valence-electron chi connectivity index (χ0n) is 18.7. The fraction of sp³-hybridized carbons (Fsp3) is 0.107. The van der Waals surface area contributed by atoms with Gasteiger partial charge in [-0.05, 0) is 46.2 Å². The molecule has 4 rings (SSSR count). The van der Waals surface area contributed by atoms with E-state index < -0.39 is 0 Å². The average molecular weight is 450 g/mol. The van der Waals surface area contributed by atoms with E-state index in [2.05, 4.69) is 16.6 Å². The molecule has 0 bridgehead atoms. The zero-order valence-corrected chi connectivity index (χ0v) is 18.7. The number of benzene rings is 4. The van der Waals surface area contributed by atoms with Gasteiger partial charge in [-0.15, -0.1) is 0 Å². The molecule has 0 unspecified atom stereocenters. The fourth-order valence-electron chi connectivity index (χ4n) is 3.63. The number of amides is 1. The lowest BCUT2D eigenvalue weighted by Gasteiger charge is -2.12.